The Balaban J connectivity index is 2.11. The minimum Gasteiger partial charge on any atom is -0.341 e. The van der Waals surface area contributed by atoms with E-state index in [4.69, 9.17) is 0 Å². The molecule has 2 N–H and O–H groups in total. The van der Waals surface area contributed by atoms with Gasteiger partial charge in [-0.1, -0.05) is 13.3 Å². The van der Waals surface area contributed by atoms with E-state index in [0.717, 1.165) is 25.0 Å². The lowest BCUT2D eigenvalue weighted by Crippen LogP contribution is -2.15. The second-order valence-corrected chi connectivity index (χ2v) is 3.88. The Hall–Kier alpha value is -2.24. The first-order chi connectivity index (χ1) is 8.81. The van der Waals surface area contributed by atoms with Crippen molar-refractivity contribution < 1.29 is 4.79 Å². The Morgan fingerprint density at radius 3 is 3.06 bits per heavy atom. The fraction of sp³-hybridized carbons (Fsp3) is 0.333. The van der Waals surface area contributed by atoms with Gasteiger partial charge in [-0.3, -0.25) is 4.79 Å². The molecular formula is C12H15N5O. The third kappa shape index (κ3) is 2.91. The molecule has 0 aliphatic carbocycles. The maximum Gasteiger partial charge on any atom is 0.291 e. The van der Waals surface area contributed by atoms with E-state index in [9.17, 15) is 4.79 Å². The average Bonchev–Trinajstić information content (AvgIpc) is 2.91. The molecule has 2 aromatic rings. The number of hydrogen-bond acceptors (Lipinski definition) is 4. The molecule has 2 rings (SSSR count). The van der Waals surface area contributed by atoms with Crippen molar-refractivity contribution in [1.29, 1.82) is 0 Å². The molecule has 0 saturated heterocycles. The van der Waals surface area contributed by atoms with E-state index in [1.165, 1.54) is 12.5 Å². The summed E-state index contributed by atoms with van der Waals surface area (Å²) in [5, 5.41) is 2.76. The van der Waals surface area contributed by atoms with E-state index < -0.39 is 0 Å². The third-order valence-electron chi connectivity index (χ3n) is 2.52. The second-order valence-electron chi connectivity index (χ2n) is 3.88. The molecule has 2 heterocycles. The molecule has 18 heavy (non-hydrogen) atoms. The largest absolute Gasteiger partial charge is 0.341 e. The van der Waals surface area contributed by atoms with Gasteiger partial charge in [0.1, 0.15) is 6.33 Å². The van der Waals surface area contributed by atoms with Crippen LogP contribution in [-0.2, 0) is 6.42 Å². The van der Waals surface area contributed by atoms with Crippen LogP contribution in [0.3, 0.4) is 0 Å². The van der Waals surface area contributed by atoms with Gasteiger partial charge in [-0.25, -0.2) is 15.0 Å². The summed E-state index contributed by atoms with van der Waals surface area (Å²) in [4.78, 5) is 26.6. The molecule has 1 amide bonds. The quantitative estimate of drug-likeness (QED) is 0.841. The van der Waals surface area contributed by atoms with Crippen LogP contribution in [0.4, 0.5) is 5.69 Å². The van der Waals surface area contributed by atoms with Crippen molar-refractivity contribution in [2.75, 3.05) is 5.32 Å². The number of aryl methyl sites for hydroxylation is 1. The number of hydrogen-bond donors (Lipinski definition) is 2. The van der Waals surface area contributed by atoms with Crippen LogP contribution in [0.1, 0.15) is 36.1 Å². The smallest absolute Gasteiger partial charge is 0.291 e. The van der Waals surface area contributed by atoms with Crippen molar-refractivity contribution in [3.05, 3.63) is 36.4 Å². The van der Waals surface area contributed by atoms with Crippen molar-refractivity contribution in [2.45, 2.75) is 26.2 Å². The molecule has 0 fully saturated rings. The number of carbonyl (C=O) groups excluding carboxylic acids is 1. The molecular weight excluding hydrogens is 230 g/mol. The highest BCUT2D eigenvalue weighted by Crippen LogP contribution is 2.14. The zero-order valence-corrected chi connectivity index (χ0v) is 10.2. The van der Waals surface area contributed by atoms with Crippen molar-refractivity contribution >= 4 is 11.6 Å². The van der Waals surface area contributed by atoms with Gasteiger partial charge in [0, 0.05) is 12.4 Å². The van der Waals surface area contributed by atoms with E-state index in [1.807, 2.05) is 0 Å². The van der Waals surface area contributed by atoms with Crippen molar-refractivity contribution in [3.8, 4) is 0 Å². The lowest BCUT2D eigenvalue weighted by molar-refractivity contribution is 0.101. The van der Waals surface area contributed by atoms with Crippen molar-refractivity contribution in [3.63, 3.8) is 0 Å². The third-order valence-corrected chi connectivity index (χ3v) is 2.52. The molecule has 0 radical (unpaired) electrons. The molecule has 0 atom stereocenters. The zero-order chi connectivity index (χ0) is 12.8. The van der Waals surface area contributed by atoms with Gasteiger partial charge in [-0.15, -0.1) is 0 Å². The fourth-order valence-corrected chi connectivity index (χ4v) is 1.57. The zero-order valence-electron chi connectivity index (χ0n) is 10.2. The fourth-order valence-electron chi connectivity index (χ4n) is 1.57. The number of H-pyrrole nitrogens is 1. The first-order valence-corrected chi connectivity index (χ1v) is 5.91. The summed E-state index contributed by atoms with van der Waals surface area (Å²) in [6.45, 7) is 2.11. The normalized spacial score (nSPS) is 10.3. The number of aromatic amines is 1. The van der Waals surface area contributed by atoms with Gasteiger partial charge < -0.3 is 10.3 Å². The Bertz CT molecular complexity index is 509. The van der Waals surface area contributed by atoms with E-state index in [-0.39, 0.29) is 11.7 Å². The summed E-state index contributed by atoms with van der Waals surface area (Å²) in [5.41, 5.74) is 1.50. The summed E-state index contributed by atoms with van der Waals surface area (Å²) in [6, 6.07) is 0. The first-order valence-electron chi connectivity index (χ1n) is 5.91. The molecule has 0 spiro atoms. The van der Waals surface area contributed by atoms with Crippen LogP contribution in [0, 0.1) is 0 Å². The maximum atomic E-state index is 11.8. The van der Waals surface area contributed by atoms with Gasteiger partial charge in [0.2, 0.25) is 0 Å². The Kier molecular flexibility index (Phi) is 4.01. The number of nitrogens with one attached hydrogen (secondary N) is 2. The molecule has 6 heteroatoms. The van der Waals surface area contributed by atoms with Crippen molar-refractivity contribution in [2.24, 2.45) is 0 Å². The SMILES string of the molecule is CCCCc1ncncc1NC(=O)c1ncc[nH]1. The lowest BCUT2D eigenvalue weighted by Gasteiger charge is -2.07. The Morgan fingerprint density at radius 2 is 2.33 bits per heavy atom. The number of amides is 1. The van der Waals surface area contributed by atoms with Crippen molar-refractivity contribution in [1.82, 2.24) is 19.9 Å². The van der Waals surface area contributed by atoms with Crippen LogP contribution in [0.15, 0.2) is 24.9 Å². The van der Waals surface area contributed by atoms with Crippen LogP contribution in [0.5, 0.6) is 0 Å². The number of rotatable bonds is 5. The highest BCUT2D eigenvalue weighted by molar-refractivity contribution is 6.01. The number of unbranched alkanes of at least 4 members (excludes halogenated alkanes) is 1. The number of imidazole rings is 1. The van der Waals surface area contributed by atoms with Gasteiger partial charge >= 0.3 is 0 Å². The van der Waals surface area contributed by atoms with Crippen LogP contribution >= 0.6 is 0 Å². The van der Waals surface area contributed by atoms with Crippen LogP contribution in [0.2, 0.25) is 0 Å². The molecule has 94 valence electrons. The predicted molar refractivity (Wildman–Crippen MR) is 67.2 cm³/mol. The van der Waals surface area contributed by atoms with Crippen LogP contribution < -0.4 is 5.32 Å². The van der Waals surface area contributed by atoms with E-state index >= 15 is 0 Å². The standard InChI is InChI=1S/C12H15N5O/c1-2-3-4-9-10(7-13-8-16-9)17-12(18)11-14-5-6-15-11/h5-8H,2-4H2,1H3,(H,14,15)(H,17,18). The average molecular weight is 245 g/mol. The van der Waals surface area contributed by atoms with Gasteiger partial charge in [-0.05, 0) is 12.8 Å². The predicted octanol–water partition coefficient (Wildman–Crippen LogP) is 1.79. The molecule has 0 aliphatic rings. The molecule has 0 unspecified atom stereocenters. The molecule has 0 saturated carbocycles. The molecule has 0 bridgehead atoms. The molecule has 6 nitrogen and oxygen atoms in total. The Labute approximate surface area is 105 Å². The minimum atomic E-state index is -0.285. The number of nitrogens with zero attached hydrogens (tertiary/aromatic N) is 3. The van der Waals surface area contributed by atoms with Gasteiger partial charge in [-0.2, -0.15) is 0 Å². The highest BCUT2D eigenvalue weighted by Gasteiger charge is 2.11. The summed E-state index contributed by atoms with van der Waals surface area (Å²) in [5.74, 6) is -0.00663. The monoisotopic (exact) mass is 245 g/mol. The van der Waals surface area contributed by atoms with E-state index in [1.54, 1.807) is 12.4 Å². The molecule has 0 aromatic carbocycles. The van der Waals surface area contributed by atoms with Gasteiger partial charge in [0.05, 0.1) is 17.6 Å². The summed E-state index contributed by atoms with van der Waals surface area (Å²) < 4.78 is 0. The van der Waals surface area contributed by atoms with Gasteiger partial charge in [0.15, 0.2) is 5.82 Å². The summed E-state index contributed by atoms with van der Waals surface area (Å²) in [6.07, 6.45) is 9.18. The highest BCUT2D eigenvalue weighted by atomic mass is 16.2. The molecule has 0 aliphatic heterocycles. The second kappa shape index (κ2) is 5.90. The van der Waals surface area contributed by atoms with Crippen LogP contribution in [-0.4, -0.2) is 25.8 Å². The summed E-state index contributed by atoms with van der Waals surface area (Å²) in [7, 11) is 0. The minimum absolute atomic E-state index is 0.278. The lowest BCUT2D eigenvalue weighted by atomic mass is 10.2. The van der Waals surface area contributed by atoms with E-state index in [2.05, 4.69) is 32.2 Å². The molecule has 2 aromatic heterocycles. The summed E-state index contributed by atoms with van der Waals surface area (Å²) >= 11 is 0. The maximum absolute atomic E-state index is 11.8. The number of carbonyl (C=O) groups is 1. The topological polar surface area (TPSA) is 83.6 Å². The number of anilines is 1. The Morgan fingerprint density at radius 1 is 1.44 bits per heavy atom. The number of aromatic nitrogens is 4. The first kappa shape index (κ1) is 12.2. The van der Waals surface area contributed by atoms with E-state index in [0.29, 0.717) is 5.69 Å². The van der Waals surface area contributed by atoms with Gasteiger partial charge in [0.25, 0.3) is 5.91 Å². The van der Waals surface area contributed by atoms with Crippen LogP contribution in [0.25, 0.3) is 0 Å².